The molecule has 16 heteroatoms. The molecule has 2 unspecified atom stereocenters. The first-order chi connectivity index (χ1) is 23.7. The smallest absolute Gasteiger partial charge is 0.336 e. The minimum Gasteiger partial charge on any atom is -0.491 e. The molecule has 15 nitrogen and oxygen atoms in total. The molecule has 5 N–H and O–H groups in total. The van der Waals surface area contributed by atoms with Crippen molar-refractivity contribution in [2.75, 3.05) is 59.7 Å². The second-order valence-corrected chi connectivity index (χ2v) is 11.0. The number of ether oxygens (including phenoxy) is 4. The van der Waals surface area contributed by atoms with Crippen LogP contribution in [0.4, 0.5) is 10.5 Å². The largest absolute Gasteiger partial charge is 0.491 e. The number of para-hydroxylation sites is 1. The van der Waals surface area contributed by atoms with E-state index in [1.165, 1.54) is 25.3 Å². The summed E-state index contributed by atoms with van der Waals surface area (Å²) in [6, 6.07) is 14.6. The van der Waals surface area contributed by atoms with Crippen LogP contribution in [0.2, 0.25) is 0 Å². The zero-order chi connectivity index (χ0) is 35.6. The number of allylic oxidation sites excluding steroid dienone is 1. The van der Waals surface area contributed by atoms with Crippen LogP contribution in [0.3, 0.4) is 0 Å². The number of nitro benzene ring substituents is 1. The van der Waals surface area contributed by atoms with Gasteiger partial charge >= 0.3 is 18.0 Å². The number of carbonyl (C=O) groups is 3. The fourth-order valence-electron chi connectivity index (χ4n) is 5.08. The van der Waals surface area contributed by atoms with E-state index in [0.717, 1.165) is 12.8 Å². The molecule has 0 radical (unpaired) electrons. The summed E-state index contributed by atoms with van der Waals surface area (Å²) in [5.41, 5.74) is 0.987. The first-order valence-electron chi connectivity index (χ1n) is 16.0. The minimum absolute atomic E-state index is 0. The van der Waals surface area contributed by atoms with E-state index < -0.39 is 28.9 Å². The molecule has 1 aliphatic rings. The molecule has 3 rings (SSSR count). The van der Waals surface area contributed by atoms with Crippen molar-refractivity contribution in [3.63, 3.8) is 0 Å². The van der Waals surface area contributed by atoms with Gasteiger partial charge in [-0.2, -0.15) is 0 Å². The van der Waals surface area contributed by atoms with Crippen LogP contribution in [0.5, 0.6) is 5.75 Å². The second kappa shape index (κ2) is 22.1. The number of benzene rings is 2. The Morgan fingerprint density at radius 1 is 1.00 bits per heavy atom. The van der Waals surface area contributed by atoms with E-state index >= 15 is 0 Å². The number of amides is 2. The molecule has 0 spiro atoms. The predicted octanol–water partition coefficient (Wildman–Crippen LogP) is 3.09. The number of non-ortho nitro benzene ring substituents is 1. The average molecular weight is 720 g/mol. The molecule has 1 heterocycles. The monoisotopic (exact) mass is 719 g/mol. The SMILES string of the molecule is CCOC(=O)C1=C(COCCNC(=O)NCCCCNCC(O)COc2ccccc2)NC(C)=C(C(=O)OC)C1c1cccc([N+](=O)[O-])c1.Cl. The number of halogens is 1. The van der Waals surface area contributed by atoms with Gasteiger partial charge in [-0.05, 0) is 50.9 Å². The maximum atomic E-state index is 13.3. The van der Waals surface area contributed by atoms with Crippen molar-refractivity contribution in [3.05, 3.63) is 92.8 Å². The highest BCUT2D eigenvalue weighted by Gasteiger charge is 2.39. The van der Waals surface area contributed by atoms with Crippen molar-refractivity contribution in [3.8, 4) is 5.75 Å². The molecule has 0 fully saturated rings. The number of esters is 2. The molecule has 1 aliphatic heterocycles. The van der Waals surface area contributed by atoms with Gasteiger partial charge in [-0.15, -0.1) is 12.4 Å². The number of dihydropyridines is 1. The Labute approximate surface area is 297 Å². The number of nitro groups is 1. The summed E-state index contributed by atoms with van der Waals surface area (Å²) in [6.07, 6.45) is 0.889. The standard InChI is InChI=1S/C34H45N5O10.ClH/c1-4-48-33(42)31-28(38-23(2)29(32(41)46-3)30(31)24-11-10-12-25(19-24)39(44)45)22-47-18-17-37-34(43)36-16-9-8-15-35-20-26(40)21-49-27-13-6-5-7-14-27;/h5-7,10-14,19,26,30,35,38,40H,4,8-9,15-18,20-22H2,1-3H3,(H2,36,37,43);1H. The molecule has 274 valence electrons. The summed E-state index contributed by atoms with van der Waals surface area (Å²) in [6.45, 7) is 5.22. The van der Waals surface area contributed by atoms with Gasteiger partial charge < -0.3 is 45.3 Å². The number of carbonyl (C=O) groups excluding carboxylic acids is 3. The summed E-state index contributed by atoms with van der Waals surface area (Å²) < 4.78 is 21.6. The van der Waals surface area contributed by atoms with Gasteiger partial charge in [-0.3, -0.25) is 10.1 Å². The van der Waals surface area contributed by atoms with Crippen molar-refractivity contribution in [2.45, 2.75) is 38.7 Å². The van der Waals surface area contributed by atoms with Crippen LogP contribution < -0.4 is 26.0 Å². The van der Waals surface area contributed by atoms with Crippen molar-refractivity contribution in [1.82, 2.24) is 21.3 Å². The predicted molar refractivity (Wildman–Crippen MR) is 187 cm³/mol. The highest BCUT2D eigenvalue weighted by molar-refractivity contribution is 6.00. The fraction of sp³-hybridized carbons (Fsp3) is 0.441. The van der Waals surface area contributed by atoms with E-state index in [9.17, 15) is 29.6 Å². The van der Waals surface area contributed by atoms with Gasteiger partial charge in [-0.25, -0.2) is 14.4 Å². The van der Waals surface area contributed by atoms with E-state index in [-0.39, 0.29) is 68.2 Å². The number of nitrogens with one attached hydrogen (secondary N) is 4. The van der Waals surface area contributed by atoms with Crippen molar-refractivity contribution in [1.29, 1.82) is 0 Å². The molecule has 50 heavy (non-hydrogen) atoms. The third-order valence-electron chi connectivity index (χ3n) is 7.37. The lowest BCUT2D eigenvalue weighted by Crippen LogP contribution is -2.38. The number of aliphatic hydroxyl groups excluding tert-OH is 1. The number of hydrogen-bond donors (Lipinski definition) is 5. The van der Waals surface area contributed by atoms with Gasteiger partial charge in [0.1, 0.15) is 18.5 Å². The van der Waals surface area contributed by atoms with Crippen LogP contribution in [0, 0.1) is 10.1 Å². The number of rotatable bonds is 20. The summed E-state index contributed by atoms with van der Waals surface area (Å²) >= 11 is 0. The first kappa shape index (κ1) is 41.5. The lowest BCUT2D eigenvalue weighted by molar-refractivity contribution is -0.384. The summed E-state index contributed by atoms with van der Waals surface area (Å²) in [7, 11) is 1.21. The molecule has 2 aromatic carbocycles. The molecule has 0 bridgehead atoms. The molecule has 0 saturated carbocycles. The summed E-state index contributed by atoms with van der Waals surface area (Å²) in [5, 5.41) is 33.3. The van der Waals surface area contributed by atoms with Crippen LogP contribution in [-0.2, 0) is 23.8 Å². The van der Waals surface area contributed by atoms with Crippen molar-refractivity contribution in [2.24, 2.45) is 0 Å². The van der Waals surface area contributed by atoms with Gasteiger partial charge in [0.15, 0.2) is 0 Å². The normalized spacial score (nSPS) is 14.5. The maximum Gasteiger partial charge on any atom is 0.336 e. The van der Waals surface area contributed by atoms with Gasteiger partial charge in [0, 0.05) is 37.5 Å². The summed E-state index contributed by atoms with van der Waals surface area (Å²) in [4.78, 5) is 49.3. The lowest BCUT2D eigenvalue weighted by Gasteiger charge is -2.31. The number of nitrogens with zero attached hydrogens (tertiary/aromatic N) is 1. The van der Waals surface area contributed by atoms with Crippen LogP contribution in [-0.4, -0.2) is 93.8 Å². The van der Waals surface area contributed by atoms with E-state index in [2.05, 4.69) is 21.3 Å². The van der Waals surface area contributed by atoms with Crippen LogP contribution in [0.15, 0.2) is 77.1 Å². The molecule has 0 aromatic heterocycles. The quantitative estimate of drug-likeness (QED) is 0.0581. The molecule has 2 amide bonds. The van der Waals surface area contributed by atoms with Gasteiger partial charge in [-0.1, -0.05) is 30.3 Å². The van der Waals surface area contributed by atoms with Crippen LogP contribution in [0.25, 0.3) is 0 Å². The highest BCUT2D eigenvalue weighted by Crippen LogP contribution is 2.40. The molecule has 2 aromatic rings. The van der Waals surface area contributed by atoms with Gasteiger partial charge in [0.25, 0.3) is 5.69 Å². The Hall–Kier alpha value is -4.70. The van der Waals surface area contributed by atoms with Crippen molar-refractivity contribution >= 4 is 36.1 Å². The molecule has 0 saturated heterocycles. The Kier molecular flexibility index (Phi) is 18.3. The van der Waals surface area contributed by atoms with E-state index in [1.54, 1.807) is 19.9 Å². The number of hydrogen-bond acceptors (Lipinski definition) is 12. The van der Waals surface area contributed by atoms with Crippen LogP contribution >= 0.6 is 12.4 Å². The maximum absolute atomic E-state index is 13.3. The van der Waals surface area contributed by atoms with E-state index in [1.807, 2.05) is 30.3 Å². The Morgan fingerprint density at radius 3 is 2.42 bits per heavy atom. The van der Waals surface area contributed by atoms with E-state index in [4.69, 9.17) is 18.9 Å². The van der Waals surface area contributed by atoms with Gasteiger partial charge in [0.2, 0.25) is 0 Å². The number of methoxy groups -OCH3 is 1. The number of urea groups is 1. The van der Waals surface area contributed by atoms with Gasteiger partial charge in [0.05, 0.1) is 54.6 Å². The fourth-order valence-corrected chi connectivity index (χ4v) is 5.08. The number of aliphatic hydroxyl groups is 1. The molecular formula is C34H46ClN5O10. The van der Waals surface area contributed by atoms with Crippen molar-refractivity contribution < 1.29 is 43.4 Å². The van der Waals surface area contributed by atoms with Crippen LogP contribution in [0.1, 0.15) is 38.2 Å². The number of unbranched alkanes of at least 4 members (excludes halogenated alkanes) is 1. The lowest BCUT2D eigenvalue weighted by atomic mass is 9.80. The Balaban J connectivity index is 0.00000867. The highest BCUT2D eigenvalue weighted by atomic mass is 35.5. The summed E-state index contributed by atoms with van der Waals surface area (Å²) in [5.74, 6) is -1.75. The third kappa shape index (κ3) is 13.0. The van der Waals surface area contributed by atoms with E-state index in [0.29, 0.717) is 42.3 Å². The topological polar surface area (TPSA) is 200 Å². The Morgan fingerprint density at radius 2 is 1.72 bits per heavy atom. The average Bonchev–Trinajstić information content (AvgIpc) is 3.10. The Bertz CT molecular complexity index is 1490. The molecule has 2 atom stereocenters. The second-order valence-electron chi connectivity index (χ2n) is 11.0. The minimum atomic E-state index is -1.02. The molecule has 0 aliphatic carbocycles. The zero-order valence-electron chi connectivity index (χ0n) is 28.4. The first-order valence-corrected chi connectivity index (χ1v) is 16.0. The molecular weight excluding hydrogens is 674 g/mol. The third-order valence-corrected chi connectivity index (χ3v) is 7.37. The zero-order valence-corrected chi connectivity index (χ0v) is 29.2.